The summed E-state index contributed by atoms with van der Waals surface area (Å²) in [5.41, 5.74) is 1.99. The third kappa shape index (κ3) is 4.34. The summed E-state index contributed by atoms with van der Waals surface area (Å²) in [6.45, 7) is 6.89. The van der Waals surface area contributed by atoms with Crippen LogP contribution >= 0.6 is 11.6 Å². The number of nitrogens with one attached hydrogen (secondary N) is 1. The molecule has 0 radical (unpaired) electrons. The van der Waals surface area contributed by atoms with E-state index < -0.39 is 0 Å². The van der Waals surface area contributed by atoms with Gasteiger partial charge in [-0.05, 0) is 30.8 Å². The maximum Gasteiger partial charge on any atom is 0.259 e. The van der Waals surface area contributed by atoms with Crippen LogP contribution in [-0.2, 0) is 0 Å². The lowest BCUT2D eigenvalue weighted by Crippen LogP contribution is -2.46. The lowest BCUT2D eigenvalue weighted by molar-refractivity contribution is 0.102. The topological polar surface area (TPSA) is 54.0 Å². The fraction of sp³-hybridized carbons (Fsp3) is 0.381. The number of halogens is 1. The van der Waals surface area contributed by atoms with Crippen LogP contribution in [-0.4, -0.2) is 57.8 Å². The van der Waals surface area contributed by atoms with Crippen molar-refractivity contribution >= 4 is 28.9 Å². The molecule has 0 spiro atoms. The Bertz CT molecular complexity index is 836. The number of hydrogen-bond donors (Lipinski definition) is 1. The molecule has 1 amide bonds. The minimum Gasteiger partial charge on any atom is -0.497 e. The van der Waals surface area contributed by atoms with E-state index in [0.29, 0.717) is 27.8 Å². The highest BCUT2D eigenvalue weighted by Crippen LogP contribution is 2.35. The van der Waals surface area contributed by atoms with Crippen LogP contribution in [0.1, 0.15) is 17.3 Å². The van der Waals surface area contributed by atoms with Crippen LogP contribution in [0.4, 0.5) is 11.4 Å². The van der Waals surface area contributed by atoms with Crippen LogP contribution in [0.25, 0.3) is 0 Å². The smallest absolute Gasteiger partial charge is 0.259 e. The Morgan fingerprint density at radius 3 is 2.50 bits per heavy atom. The third-order valence-electron chi connectivity index (χ3n) is 5.02. The van der Waals surface area contributed by atoms with Gasteiger partial charge in [0.15, 0.2) is 0 Å². The van der Waals surface area contributed by atoms with E-state index in [-0.39, 0.29) is 5.91 Å². The van der Waals surface area contributed by atoms with Crippen LogP contribution in [0.2, 0.25) is 5.02 Å². The van der Waals surface area contributed by atoms with E-state index in [0.717, 1.165) is 38.4 Å². The molecule has 1 aliphatic heterocycles. The van der Waals surface area contributed by atoms with Gasteiger partial charge < -0.3 is 24.6 Å². The Kier molecular flexibility index (Phi) is 6.65. The molecule has 0 aromatic heterocycles. The average Bonchev–Trinajstić information content (AvgIpc) is 2.73. The van der Waals surface area contributed by atoms with E-state index >= 15 is 0 Å². The summed E-state index contributed by atoms with van der Waals surface area (Å²) in [6.07, 6.45) is 0. The van der Waals surface area contributed by atoms with E-state index in [4.69, 9.17) is 21.1 Å². The van der Waals surface area contributed by atoms with Gasteiger partial charge in [0.25, 0.3) is 5.91 Å². The number of amides is 1. The maximum absolute atomic E-state index is 12.9. The van der Waals surface area contributed by atoms with Gasteiger partial charge in [0, 0.05) is 32.2 Å². The second-order valence-corrected chi connectivity index (χ2v) is 6.98. The number of para-hydroxylation sites is 1. The molecule has 2 aromatic carbocycles. The molecule has 1 aliphatic rings. The largest absolute Gasteiger partial charge is 0.497 e. The van der Waals surface area contributed by atoms with E-state index in [9.17, 15) is 4.79 Å². The summed E-state index contributed by atoms with van der Waals surface area (Å²) in [7, 11) is 3.11. The van der Waals surface area contributed by atoms with Crippen molar-refractivity contribution in [2.75, 3.05) is 57.2 Å². The number of ether oxygens (including phenoxy) is 2. The van der Waals surface area contributed by atoms with Crippen LogP contribution in [0, 0.1) is 0 Å². The van der Waals surface area contributed by atoms with Gasteiger partial charge in [-0.1, -0.05) is 24.6 Å². The molecule has 7 heteroatoms. The van der Waals surface area contributed by atoms with E-state index in [2.05, 4.69) is 22.0 Å². The zero-order valence-electron chi connectivity index (χ0n) is 16.5. The Hall–Kier alpha value is -2.44. The van der Waals surface area contributed by atoms with Crippen LogP contribution in [0.5, 0.6) is 11.5 Å². The summed E-state index contributed by atoms with van der Waals surface area (Å²) in [4.78, 5) is 17.6. The molecule has 6 nitrogen and oxygen atoms in total. The quantitative estimate of drug-likeness (QED) is 0.796. The second kappa shape index (κ2) is 9.17. The SMILES string of the molecule is CCN1CCN(c2c(Cl)cccc2NC(=O)c2ccc(OC)cc2OC)CC1. The minimum atomic E-state index is -0.254. The fourth-order valence-electron chi connectivity index (χ4n) is 3.40. The standard InChI is InChI=1S/C21H26ClN3O3/c1-4-24-10-12-25(13-11-24)20-17(22)6-5-7-18(20)23-21(26)16-9-8-15(27-2)14-19(16)28-3/h5-9,14H,4,10-13H2,1-3H3,(H,23,26). The highest BCUT2D eigenvalue weighted by atomic mass is 35.5. The summed E-state index contributed by atoms with van der Waals surface area (Å²) in [5, 5.41) is 3.63. The van der Waals surface area contributed by atoms with Crippen molar-refractivity contribution in [3.05, 3.63) is 47.0 Å². The first-order valence-electron chi connectivity index (χ1n) is 9.36. The average molecular weight is 404 g/mol. The van der Waals surface area contributed by atoms with Crippen molar-refractivity contribution in [1.29, 1.82) is 0 Å². The molecule has 2 aromatic rings. The first-order chi connectivity index (χ1) is 13.6. The predicted octanol–water partition coefficient (Wildman–Crippen LogP) is 3.75. The highest BCUT2D eigenvalue weighted by molar-refractivity contribution is 6.34. The van der Waals surface area contributed by atoms with Crippen molar-refractivity contribution in [2.24, 2.45) is 0 Å². The number of likely N-dealkylation sites (N-methyl/N-ethyl adjacent to an activating group) is 1. The lowest BCUT2D eigenvalue weighted by Gasteiger charge is -2.36. The Balaban J connectivity index is 1.85. The van der Waals surface area contributed by atoms with Crippen molar-refractivity contribution in [3.8, 4) is 11.5 Å². The van der Waals surface area contributed by atoms with Gasteiger partial charge in [-0.2, -0.15) is 0 Å². The molecule has 1 heterocycles. The first kappa shape index (κ1) is 20.3. The normalized spacial score (nSPS) is 14.6. The van der Waals surface area contributed by atoms with Crippen LogP contribution in [0.3, 0.4) is 0 Å². The summed E-state index contributed by atoms with van der Waals surface area (Å²) < 4.78 is 10.6. The van der Waals surface area contributed by atoms with Gasteiger partial charge in [-0.25, -0.2) is 0 Å². The Morgan fingerprint density at radius 1 is 1.11 bits per heavy atom. The molecule has 150 valence electrons. The fourth-order valence-corrected chi connectivity index (χ4v) is 3.70. The van der Waals surface area contributed by atoms with Gasteiger partial charge in [0.2, 0.25) is 0 Å². The first-order valence-corrected chi connectivity index (χ1v) is 9.74. The number of piperazine rings is 1. The van der Waals surface area contributed by atoms with Gasteiger partial charge >= 0.3 is 0 Å². The van der Waals surface area contributed by atoms with Crippen LogP contribution < -0.4 is 19.7 Å². The molecule has 3 rings (SSSR count). The van der Waals surface area contributed by atoms with Crippen molar-refractivity contribution in [2.45, 2.75) is 6.92 Å². The summed E-state index contributed by atoms with van der Waals surface area (Å²) >= 11 is 6.51. The Morgan fingerprint density at radius 2 is 1.86 bits per heavy atom. The van der Waals surface area contributed by atoms with Gasteiger partial charge in [0.1, 0.15) is 11.5 Å². The number of carbonyl (C=O) groups excluding carboxylic acids is 1. The molecular weight excluding hydrogens is 378 g/mol. The molecule has 1 fully saturated rings. The van der Waals surface area contributed by atoms with E-state index in [1.54, 1.807) is 25.3 Å². The number of methoxy groups -OCH3 is 2. The second-order valence-electron chi connectivity index (χ2n) is 6.58. The number of anilines is 2. The molecule has 0 saturated carbocycles. The number of rotatable bonds is 6. The van der Waals surface area contributed by atoms with Crippen LogP contribution in [0.15, 0.2) is 36.4 Å². The lowest BCUT2D eigenvalue weighted by atomic mass is 10.1. The minimum absolute atomic E-state index is 0.254. The molecule has 1 saturated heterocycles. The maximum atomic E-state index is 12.9. The molecule has 0 aliphatic carbocycles. The van der Waals surface area contributed by atoms with Crippen molar-refractivity contribution < 1.29 is 14.3 Å². The predicted molar refractivity (Wildman–Crippen MR) is 113 cm³/mol. The Labute approximate surface area is 171 Å². The van der Waals surface area contributed by atoms with E-state index in [1.165, 1.54) is 7.11 Å². The number of nitrogens with zero attached hydrogens (tertiary/aromatic N) is 2. The molecule has 0 bridgehead atoms. The highest BCUT2D eigenvalue weighted by Gasteiger charge is 2.22. The number of hydrogen-bond acceptors (Lipinski definition) is 5. The molecule has 0 unspecified atom stereocenters. The third-order valence-corrected chi connectivity index (χ3v) is 5.33. The van der Waals surface area contributed by atoms with Gasteiger partial charge in [-0.3, -0.25) is 4.79 Å². The number of benzene rings is 2. The zero-order chi connectivity index (χ0) is 20.1. The zero-order valence-corrected chi connectivity index (χ0v) is 17.3. The number of carbonyl (C=O) groups is 1. The van der Waals surface area contributed by atoms with Crippen molar-refractivity contribution in [1.82, 2.24) is 4.90 Å². The van der Waals surface area contributed by atoms with Gasteiger partial charge in [-0.15, -0.1) is 0 Å². The molecule has 0 atom stereocenters. The summed E-state index contributed by atoms with van der Waals surface area (Å²) in [6, 6.07) is 10.7. The van der Waals surface area contributed by atoms with Gasteiger partial charge in [0.05, 0.1) is 36.2 Å². The molecule has 1 N–H and O–H groups in total. The monoisotopic (exact) mass is 403 g/mol. The molecular formula is C21H26ClN3O3. The van der Waals surface area contributed by atoms with E-state index in [1.807, 2.05) is 18.2 Å². The van der Waals surface area contributed by atoms with Crippen molar-refractivity contribution in [3.63, 3.8) is 0 Å². The summed E-state index contributed by atoms with van der Waals surface area (Å²) in [5.74, 6) is 0.831. The molecule has 28 heavy (non-hydrogen) atoms.